The van der Waals surface area contributed by atoms with Crippen molar-refractivity contribution in [1.82, 2.24) is 0 Å². The predicted molar refractivity (Wildman–Crippen MR) is 84.0 cm³/mol. The van der Waals surface area contributed by atoms with Crippen LogP contribution in [-0.4, -0.2) is 12.4 Å². The smallest absolute Gasteiger partial charge is 0.159 e. The standard InChI is InChI=1S/C13H11Cl5O2/c14-8-9(15)11(17)13(12(18)10(8)16)20-5-4-6-2-1-3-7(6)19/h6H,1-5H2. The molecule has 7 heteroatoms. The summed E-state index contributed by atoms with van der Waals surface area (Å²) in [6, 6.07) is 0. The maximum Gasteiger partial charge on any atom is 0.159 e. The fraction of sp³-hybridized carbons (Fsp3) is 0.462. The van der Waals surface area contributed by atoms with Crippen molar-refractivity contribution in [2.24, 2.45) is 5.92 Å². The summed E-state index contributed by atoms with van der Waals surface area (Å²) in [7, 11) is 0. The lowest BCUT2D eigenvalue weighted by Crippen LogP contribution is -2.11. The lowest BCUT2D eigenvalue weighted by molar-refractivity contribution is -0.121. The molecular formula is C13H11Cl5O2. The molecule has 0 bridgehead atoms. The molecule has 20 heavy (non-hydrogen) atoms. The molecule has 1 unspecified atom stereocenters. The van der Waals surface area contributed by atoms with Crippen molar-refractivity contribution >= 4 is 63.8 Å². The Bertz CT molecular complexity index is 515. The lowest BCUT2D eigenvalue weighted by Gasteiger charge is -2.15. The number of Topliss-reactive ketones (excluding diaryl/α,β-unsaturated/α-hetero) is 1. The SMILES string of the molecule is O=C1CCCC1CCOc1c(Cl)c(Cl)c(Cl)c(Cl)c1Cl. The highest BCUT2D eigenvalue weighted by atomic mass is 35.5. The van der Waals surface area contributed by atoms with Gasteiger partial charge in [0.1, 0.15) is 15.8 Å². The van der Waals surface area contributed by atoms with E-state index in [0.29, 0.717) is 19.4 Å². The monoisotopic (exact) mass is 374 g/mol. The van der Waals surface area contributed by atoms with Crippen LogP contribution in [0.4, 0.5) is 0 Å². The summed E-state index contributed by atoms with van der Waals surface area (Å²) in [5.41, 5.74) is 0. The minimum Gasteiger partial charge on any atom is -0.490 e. The Balaban J connectivity index is 2.08. The predicted octanol–water partition coefficient (Wildman–Crippen LogP) is 6.09. The van der Waals surface area contributed by atoms with Crippen molar-refractivity contribution in [3.8, 4) is 5.75 Å². The van der Waals surface area contributed by atoms with Crippen molar-refractivity contribution in [3.63, 3.8) is 0 Å². The van der Waals surface area contributed by atoms with Gasteiger partial charge in [-0.1, -0.05) is 58.0 Å². The number of halogens is 5. The van der Waals surface area contributed by atoms with Gasteiger partial charge >= 0.3 is 0 Å². The summed E-state index contributed by atoms with van der Waals surface area (Å²) in [5.74, 6) is 0.557. The van der Waals surface area contributed by atoms with Crippen LogP contribution in [0.15, 0.2) is 0 Å². The molecule has 0 aromatic heterocycles. The molecule has 1 aliphatic rings. The van der Waals surface area contributed by atoms with Gasteiger partial charge in [-0.25, -0.2) is 0 Å². The molecule has 0 spiro atoms. The summed E-state index contributed by atoms with van der Waals surface area (Å²) >= 11 is 29.9. The minimum absolute atomic E-state index is 0.0609. The summed E-state index contributed by atoms with van der Waals surface area (Å²) in [5, 5.41) is 0.568. The second kappa shape index (κ2) is 6.93. The molecule has 0 amide bonds. The lowest BCUT2D eigenvalue weighted by atomic mass is 10.0. The minimum atomic E-state index is 0.0609. The van der Waals surface area contributed by atoms with E-state index in [4.69, 9.17) is 62.7 Å². The Hall–Kier alpha value is 0.140. The highest BCUT2D eigenvalue weighted by molar-refractivity contribution is 6.55. The number of hydrogen-bond donors (Lipinski definition) is 0. The summed E-state index contributed by atoms with van der Waals surface area (Å²) in [4.78, 5) is 11.5. The summed E-state index contributed by atoms with van der Waals surface area (Å²) in [6.45, 7) is 0.324. The first kappa shape index (κ1) is 16.5. The third-order valence-corrected chi connectivity index (χ3v) is 5.56. The van der Waals surface area contributed by atoms with E-state index in [0.717, 1.165) is 12.8 Å². The third kappa shape index (κ3) is 3.31. The van der Waals surface area contributed by atoms with Crippen LogP contribution in [0.25, 0.3) is 0 Å². The fourth-order valence-electron chi connectivity index (χ4n) is 2.21. The van der Waals surface area contributed by atoms with Crippen LogP contribution in [0.5, 0.6) is 5.75 Å². The second-order valence-electron chi connectivity index (χ2n) is 4.59. The molecule has 2 nitrogen and oxygen atoms in total. The number of hydrogen-bond acceptors (Lipinski definition) is 2. The van der Waals surface area contributed by atoms with Gasteiger partial charge in [-0.2, -0.15) is 0 Å². The molecule has 1 atom stereocenters. The Morgan fingerprint density at radius 2 is 1.50 bits per heavy atom. The van der Waals surface area contributed by atoms with E-state index in [1.807, 2.05) is 0 Å². The molecule has 1 saturated carbocycles. The molecule has 0 radical (unpaired) electrons. The number of carbonyl (C=O) groups is 1. The van der Waals surface area contributed by atoms with Crippen molar-refractivity contribution in [2.75, 3.05) is 6.61 Å². The van der Waals surface area contributed by atoms with Crippen LogP contribution < -0.4 is 4.74 Å². The molecule has 2 rings (SSSR count). The van der Waals surface area contributed by atoms with E-state index in [2.05, 4.69) is 0 Å². The summed E-state index contributed by atoms with van der Waals surface area (Å²) in [6.07, 6.45) is 3.14. The van der Waals surface area contributed by atoms with Crippen molar-refractivity contribution in [1.29, 1.82) is 0 Å². The Labute approximate surface area is 142 Å². The van der Waals surface area contributed by atoms with Gasteiger partial charge < -0.3 is 4.74 Å². The van der Waals surface area contributed by atoms with Crippen LogP contribution in [-0.2, 0) is 4.79 Å². The van der Waals surface area contributed by atoms with Gasteiger partial charge in [-0.15, -0.1) is 0 Å². The number of ether oxygens (including phenoxy) is 1. The highest BCUT2D eigenvalue weighted by Gasteiger charge is 2.25. The topological polar surface area (TPSA) is 26.3 Å². The number of carbonyl (C=O) groups excluding carboxylic acids is 1. The first-order valence-electron chi connectivity index (χ1n) is 6.10. The van der Waals surface area contributed by atoms with E-state index in [1.165, 1.54) is 0 Å². The molecule has 0 heterocycles. The van der Waals surface area contributed by atoms with E-state index in [-0.39, 0.29) is 42.6 Å². The molecule has 0 saturated heterocycles. The molecule has 1 fully saturated rings. The van der Waals surface area contributed by atoms with Crippen LogP contribution in [0, 0.1) is 5.92 Å². The maximum atomic E-state index is 11.5. The number of ketones is 1. The first-order valence-corrected chi connectivity index (χ1v) is 7.99. The van der Waals surface area contributed by atoms with Crippen molar-refractivity contribution in [3.05, 3.63) is 25.1 Å². The van der Waals surface area contributed by atoms with Gasteiger partial charge in [0.2, 0.25) is 0 Å². The molecule has 1 aliphatic carbocycles. The van der Waals surface area contributed by atoms with Gasteiger partial charge in [-0.05, 0) is 19.3 Å². The van der Waals surface area contributed by atoms with Crippen LogP contribution in [0.1, 0.15) is 25.7 Å². The van der Waals surface area contributed by atoms with Gasteiger partial charge in [0.15, 0.2) is 5.75 Å². The van der Waals surface area contributed by atoms with Crippen LogP contribution >= 0.6 is 58.0 Å². The first-order chi connectivity index (χ1) is 9.43. The van der Waals surface area contributed by atoms with Crippen LogP contribution in [0.3, 0.4) is 0 Å². The Morgan fingerprint density at radius 1 is 0.950 bits per heavy atom. The Morgan fingerprint density at radius 3 is 2.00 bits per heavy atom. The van der Waals surface area contributed by atoms with Crippen LogP contribution in [0.2, 0.25) is 25.1 Å². The highest BCUT2D eigenvalue weighted by Crippen LogP contribution is 2.48. The van der Waals surface area contributed by atoms with Crippen molar-refractivity contribution in [2.45, 2.75) is 25.7 Å². The zero-order valence-corrected chi connectivity index (χ0v) is 14.1. The molecular weight excluding hydrogens is 365 g/mol. The van der Waals surface area contributed by atoms with Crippen molar-refractivity contribution < 1.29 is 9.53 Å². The zero-order valence-electron chi connectivity index (χ0n) is 10.3. The quantitative estimate of drug-likeness (QED) is 0.469. The van der Waals surface area contributed by atoms with E-state index in [9.17, 15) is 4.79 Å². The summed E-state index contributed by atoms with van der Waals surface area (Å²) < 4.78 is 5.55. The third-order valence-electron chi connectivity index (χ3n) is 3.31. The van der Waals surface area contributed by atoms with Gasteiger partial charge in [-0.3, -0.25) is 4.79 Å². The second-order valence-corrected chi connectivity index (χ2v) is 6.48. The fourth-order valence-corrected chi connectivity index (χ4v) is 3.44. The normalized spacial score (nSPS) is 18.6. The zero-order chi connectivity index (χ0) is 14.9. The molecule has 1 aromatic carbocycles. The van der Waals surface area contributed by atoms with E-state index >= 15 is 0 Å². The van der Waals surface area contributed by atoms with Gasteiger partial charge in [0, 0.05) is 12.3 Å². The largest absolute Gasteiger partial charge is 0.490 e. The number of benzene rings is 1. The molecule has 1 aromatic rings. The Kier molecular flexibility index (Phi) is 5.72. The number of rotatable bonds is 4. The average molecular weight is 376 g/mol. The van der Waals surface area contributed by atoms with E-state index < -0.39 is 0 Å². The van der Waals surface area contributed by atoms with Gasteiger partial charge in [0.05, 0.1) is 21.7 Å². The average Bonchev–Trinajstić information content (AvgIpc) is 2.84. The van der Waals surface area contributed by atoms with E-state index in [1.54, 1.807) is 0 Å². The van der Waals surface area contributed by atoms with Gasteiger partial charge in [0.25, 0.3) is 0 Å². The molecule has 0 aliphatic heterocycles. The maximum absolute atomic E-state index is 11.5. The molecule has 0 N–H and O–H groups in total. The molecule has 110 valence electrons.